The van der Waals surface area contributed by atoms with Crippen LogP contribution in [0.4, 0.5) is 0 Å². The zero-order chi connectivity index (χ0) is 14.5. The summed E-state index contributed by atoms with van der Waals surface area (Å²) in [6, 6.07) is 4.03. The number of nitrogens with one attached hydrogen (secondary N) is 1. The van der Waals surface area contributed by atoms with Crippen LogP contribution in [0.5, 0.6) is 0 Å². The van der Waals surface area contributed by atoms with E-state index < -0.39 is 0 Å². The first-order chi connectivity index (χ1) is 9.60. The molecular formula is C12H11BrClN3OS2. The Morgan fingerprint density at radius 2 is 2.35 bits per heavy atom. The zero-order valence-electron chi connectivity index (χ0n) is 10.5. The number of thiophene rings is 1. The summed E-state index contributed by atoms with van der Waals surface area (Å²) in [6.45, 7) is 0.542. The molecule has 0 saturated carbocycles. The first kappa shape index (κ1) is 15.8. The fraction of sp³-hybridized carbons (Fsp3) is 0.250. The number of aromatic nitrogens is 2. The molecule has 2 aromatic heterocycles. The van der Waals surface area contributed by atoms with Crippen molar-refractivity contribution in [3.05, 3.63) is 37.7 Å². The predicted octanol–water partition coefficient (Wildman–Crippen LogP) is 3.65. The lowest BCUT2D eigenvalue weighted by Crippen LogP contribution is -2.27. The van der Waals surface area contributed by atoms with Gasteiger partial charge in [0.25, 0.3) is 5.91 Å². The molecule has 4 nitrogen and oxygen atoms in total. The largest absolute Gasteiger partial charge is 0.350 e. The molecule has 1 amide bonds. The Morgan fingerprint density at radius 1 is 1.55 bits per heavy atom. The summed E-state index contributed by atoms with van der Waals surface area (Å²) < 4.78 is 1.09. The summed E-state index contributed by atoms with van der Waals surface area (Å²) in [7, 11) is 0. The van der Waals surface area contributed by atoms with E-state index in [2.05, 4.69) is 31.2 Å². The van der Waals surface area contributed by atoms with E-state index in [4.69, 9.17) is 11.6 Å². The number of nitrogens with zero attached hydrogens (tertiary/aromatic N) is 2. The summed E-state index contributed by atoms with van der Waals surface area (Å²) >= 11 is 12.4. The van der Waals surface area contributed by atoms with Crippen LogP contribution >= 0.6 is 50.6 Å². The van der Waals surface area contributed by atoms with E-state index in [-0.39, 0.29) is 16.6 Å². The number of hydrogen-bond acceptors (Lipinski definition) is 5. The van der Waals surface area contributed by atoms with Crippen molar-refractivity contribution < 1.29 is 4.79 Å². The van der Waals surface area contributed by atoms with Gasteiger partial charge in [-0.25, -0.2) is 9.97 Å². The fourth-order valence-electron chi connectivity index (χ4n) is 1.48. The molecule has 2 aromatic rings. The lowest BCUT2D eigenvalue weighted by atomic mass is 10.3. The minimum absolute atomic E-state index is 0.221. The number of carbonyl (C=O) groups excluding carboxylic acids is 1. The van der Waals surface area contributed by atoms with Crippen LogP contribution in [0.15, 0.2) is 27.3 Å². The number of rotatable bonds is 5. The highest BCUT2D eigenvalue weighted by atomic mass is 79.9. The lowest BCUT2D eigenvalue weighted by molar-refractivity contribution is 0.0948. The van der Waals surface area contributed by atoms with Crippen LogP contribution in [-0.4, -0.2) is 28.7 Å². The van der Waals surface area contributed by atoms with Crippen LogP contribution < -0.4 is 5.32 Å². The predicted molar refractivity (Wildman–Crippen MR) is 86.9 cm³/mol. The Kier molecular flexibility index (Phi) is 5.83. The van der Waals surface area contributed by atoms with Crippen LogP contribution in [0.25, 0.3) is 0 Å². The molecule has 8 heteroatoms. The maximum absolute atomic E-state index is 12.0. The molecule has 0 unspecified atom stereocenters. The zero-order valence-corrected chi connectivity index (χ0v) is 14.5. The number of carbonyl (C=O) groups is 1. The smallest absolute Gasteiger partial charge is 0.271 e. The van der Waals surface area contributed by atoms with Crippen molar-refractivity contribution in [1.82, 2.24) is 15.3 Å². The van der Waals surface area contributed by atoms with Gasteiger partial charge < -0.3 is 5.32 Å². The molecule has 106 valence electrons. The maximum atomic E-state index is 12.0. The average molecular weight is 393 g/mol. The summed E-state index contributed by atoms with van der Waals surface area (Å²) in [5.41, 5.74) is 0.221. The summed E-state index contributed by atoms with van der Waals surface area (Å²) in [6.07, 6.45) is 4.07. The molecule has 1 N–H and O–H groups in total. The van der Waals surface area contributed by atoms with E-state index in [1.165, 1.54) is 22.8 Å². The molecule has 2 heterocycles. The Balaban J connectivity index is 1.94. The van der Waals surface area contributed by atoms with E-state index in [0.717, 1.165) is 10.2 Å². The van der Waals surface area contributed by atoms with E-state index >= 15 is 0 Å². The van der Waals surface area contributed by atoms with Gasteiger partial charge in [0.15, 0.2) is 10.9 Å². The summed E-state index contributed by atoms with van der Waals surface area (Å²) in [4.78, 5) is 21.4. The Labute approximate surface area is 138 Å². The third-order valence-corrected chi connectivity index (χ3v) is 4.93. The molecule has 0 atom stereocenters. The van der Waals surface area contributed by atoms with E-state index in [9.17, 15) is 4.79 Å². The topological polar surface area (TPSA) is 54.9 Å². The number of amides is 1. The highest BCUT2D eigenvalue weighted by Crippen LogP contribution is 2.22. The van der Waals surface area contributed by atoms with Crippen LogP contribution in [-0.2, 0) is 6.42 Å². The van der Waals surface area contributed by atoms with Crippen molar-refractivity contribution in [3.63, 3.8) is 0 Å². The minimum atomic E-state index is -0.275. The molecule has 20 heavy (non-hydrogen) atoms. The third-order valence-electron chi connectivity index (χ3n) is 2.41. The van der Waals surface area contributed by atoms with Gasteiger partial charge in [-0.15, -0.1) is 11.3 Å². The van der Waals surface area contributed by atoms with Crippen LogP contribution in [0.1, 0.15) is 15.4 Å². The van der Waals surface area contributed by atoms with E-state index in [1.807, 2.05) is 18.4 Å². The molecule has 0 aromatic carbocycles. The van der Waals surface area contributed by atoms with Gasteiger partial charge in [0.1, 0.15) is 0 Å². The number of halogens is 2. The number of thioether (sulfide) groups is 1. The van der Waals surface area contributed by atoms with Gasteiger partial charge in [-0.2, -0.15) is 0 Å². The second kappa shape index (κ2) is 7.40. The van der Waals surface area contributed by atoms with E-state index in [0.29, 0.717) is 11.7 Å². The summed E-state index contributed by atoms with van der Waals surface area (Å²) in [5.74, 6) is -0.275. The van der Waals surface area contributed by atoms with Gasteiger partial charge in [0.05, 0.1) is 15.0 Å². The van der Waals surface area contributed by atoms with Crippen molar-refractivity contribution in [1.29, 1.82) is 0 Å². The normalized spacial score (nSPS) is 10.6. The van der Waals surface area contributed by atoms with Gasteiger partial charge in [0, 0.05) is 11.4 Å². The second-order valence-corrected chi connectivity index (χ2v) is 7.49. The van der Waals surface area contributed by atoms with Crippen LogP contribution in [0.3, 0.4) is 0 Å². The van der Waals surface area contributed by atoms with Crippen LogP contribution in [0, 0.1) is 0 Å². The Hall–Kier alpha value is -0.630. The van der Waals surface area contributed by atoms with E-state index in [1.54, 1.807) is 11.3 Å². The van der Waals surface area contributed by atoms with Gasteiger partial charge >= 0.3 is 0 Å². The monoisotopic (exact) mass is 391 g/mol. The standard InChI is InChI=1S/C12H11BrClN3OS2/c1-19-12-16-6-8(14)10(17-12)11(18)15-5-4-7-2-3-9(13)20-7/h2-3,6H,4-5H2,1H3,(H,15,18). The molecule has 0 aliphatic rings. The molecule has 0 radical (unpaired) electrons. The molecule has 0 bridgehead atoms. The highest BCUT2D eigenvalue weighted by Gasteiger charge is 2.13. The maximum Gasteiger partial charge on any atom is 0.271 e. The second-order valence-electron chi connectivity index (χ2n) is 3.76. The van der Waals surface area contributed by atoms with Crippen molar-refractivity contribution in [3.8, 4) is 0 Å². The average Bonchev–Trinajstić information content (AvgIpc) is 2.85. The first-order valence-electron chi connectivity index (χ1n) is 5.69. The van der Waals surface area contributed by atoms with Gasteiger partial charge in [-0.05, 0) is 40.7 Å². The minimum Gasteiger partial charge on any atom is -0.350 e. The lowest BCUT2D eigenvalue weighted by Gasteiger charge is -2.06. The third kappa shape index (κ3) is 4.18. The quantitative estimate of drug-likeness (QED) is 0.623. The van der Waals surface area contributed by atoms with Crippen molar-refractivity contribution in [2.75, 3.05) is 12.8 Å². The molecule has 0 aliphatic carbocycles. The number of hydrogen-bond donors (Lipinski definition) is 1. The Morgan fingerprint density at radius 3 is 3.00 bits per heavy atom. The first-order valence-corrected chi connectivity index (χ1v) is 8.90. The highest BCUT2D eigenvalue weighted by molar-refractivity contribution is 9.11. The van der Waals surface area contributed by atoms with Crippen molar-refractivity contribution in [2.24, 2.45) is 0 Å². The molecule has 0 aliphatic heterocycles. The van der Waals surface area contributed by atoms with Gasteiger partial charge in [0.2, 0.25) is 0 Å². The molecule has 2 rings (SSSR count). The van der Waals surface area contributed by atoms with Crippen molar-refractivity contribution in [2.45, 2.75) is 11.6 Å². The molecule has 0 saturated heterocycles. The van der Waals surface area contributed by atoms with Crippen molar-refractivity contribution >= 4 is 56.5 Å². The summed E-state index contributed by atoms with van der Waals surface area (Å²) in [5, 5.41) is 3.61. The fourth-order valence-corrected chi connectivity index (χ4v) is 3.48. The molecule has 0 spiro atoms. The Bertz CT molecular complexity index is 620. The van der Waals surface area contributed by atoms with Gasteiger partial charge in [-0.3, -0.25) is 4.79 Å². The SMILES string of the molecule is CSc1ncc(Cl)c(C(=O)NCCc2ccc(Br)s2)n1. The molecule has 0 fully saturated rings. The van der Waals surface area contributed by atoms with Crippen LogP contribution in [0.2, 0.25) is 5.02 Å². The molecular weight excluding hydrogens is 382 g/mol. The van der Waals surface area contributed by atoms with Gasteiger partial charge in [-0.1, -0.05) is 23.4 Å².